The first-order valence-corrected chi connectivity index (χ1v) is 10.8. The van der Waals surface area contributed by atoms with Gasteiger partial charge in [-0.05, 0) is 67.1 Å². The first kappa shape index (κ1) is 23.7. The Hall–Kier alpha value is -4.43. The van der Waals surface area contributed by atoms with E-state index in [4.69, 9.17) is 21.1 Å². The third-order valence-electron chi connectivity index (χ3n) is 5.18. The molecule has 4 rings (SSSR count). The van der Waals surface area contributed by atoms with Gasteiger partial charge in [0.05, 0.1) is 18.4 Å². The number of nitrogens with one attached hydrogen (secondary N) is 1. The van der Waals surface area contributed by atoms with Gasteiger partial charge in [0.1, 0.15) is 5.57 Å². The van der Waals surface area contributed by atoms with Gasteiger partial charge in [0, 0.05) is 5.02 Å². The van der Waals surface area contributed by atoms with Crippen molar-refractivity contribution in [1.29, 1.82) is 0 Å². The second-order valence-electron chi connectivity index (χ2n) is 7.60. The maximum Gasteiger partial charge on any atom is 0.343 e. The van der Waals surface area contributed by atoms with Crippen molar-refractivity contribution in [1.82, 2.24) is 5.32 Å². The number of hydrogen-bond donors (Lipinski definition) is 1. The smallest absolute Gasteiger partial charge is 0.343 e. The number of benzene rings is 3. The fourth-order valence-electron chi connectivity index (χ4n) is 3.36. The number of aryl methyl sites for hydroxylation is 1. The maximum atomic E-state index is 13.0. The van der Waals surface area contributed by atoms with Crippen LogP contribution < -0.4 is 19.7 Å². The summed E-state index contributed by atoms with van der Waals surface area (Å²) in [6.07, 6.45) is 1.33. The van der Waals surface area contributed by atoms with E-state index in [0.29, 0.717) is 21.8 Å². The molecule has 1 saturated heterocycles. The Morgan fingerprint density at radius 1 is 0.943 bits per heavy atom. The molecule has 0 saturated carbocycles. The number of ether oxygens (including phenoxy) is 2. The number of carbonyl (C=O) groups is 4. The van der Waals surface area contributed by atoms with Crippen molar-refractivity contribution in [3.8, 4) is 11.5 Å². The Morgan fingerprint density at radius 3 is 2.29 bits per heavy atom. The Bertz CT molecular complexity index is 1360. The molecule has 1 aliphatic rings. The standard InChI is InChI=1S/C26H19ClN2O6/c1-15-3-10-19(11-4-15)29-24(31)20(23(30)28-26(29)33)13-16-5-12-21(22(14-16)34-2)35-25(32)17-6-8-18(27)9-7-17/h3-14H,1-2H3,(H,28,30,33)/b20-13+. The molecule has 1 aliphatic heterocycles. The summed E-state index contributed by atoms with van der Waals surface area (Å²) in [6.45, 7) is 1.88. The van der Waals surface area contributed by atoms with Crippen LogP contribution in [0.1, 0.15) is 21.5 Å². The topological polar surface area (TPSA) is 102 Å². The summed E-state index contributed by atoms with van der Waals surface area (Å²) in [5, 5.41) is 2.67. The summed E-state index contributed by atoms with van der Waals surface area (Å²) in [7, 11) is 1.39. The molecule has 9 heteroatoms. The number of hydrogen-bond acceptors (Lipinski definition) is 6. The monoisotopic (exact) mass is 490 g/mol. The predicted molar refractivity (Wildman–Crippen MR) is 130 cm³/mol. The van der Waals surface area contributed by atoms with E-state index >= 15 is 0 Å². The Balaban J connectivity index is 1.61. The van der Waals surface area contributed by atoms with Gasteiger partial charge in [0.25, 0.3) is 11.8 Å². The van der Waals surface area contributed by atoms with Gasteiger partial charge < -0.3 is 9.47 Å². The number of halogens is 1. The van der Waals surface area contributed by atoms with Crippen LogP contribution in [0, 0.1) is 6.92 Å². The molecule has 8 nitrogen and oxygen atoms in total. The number of methoxy groups -OCH3 is 1. The number of esters is 1. The molecule has 4 amide bonds. The lowest BCUT2D eigenvalue weighted by Crippen LogP contribution is -2.54. The van der Waals surface area contributed by atoms with Crippen LogP contribution in [-0.2, 0) is 9.59 Å². The fourth-order valence-corrected chi connectivity index (χ4v) is 3.48. The Labute approximate surface area is 205 Å². The summed E-state index contributed by atoms with van der Waals surface area (Å²) >= 11 is 5.85. The normalized spacial score (nSPS) is 14.7. The highest BCUT2D eigenvalue weighted by Crippen LogP contribution is 2.30. The Kier molecular flexibility index (Phi) is 6.66. The van der Waals surface area contributed by atoms with Gasteiger partial charge in [-0.15, -0.1) is 0 Å². The van der Waals surface area contributed by atoms with Crippen molar-refractivity contribution in [2.24, 2.45) is 0 Å². The van der Waals surface area contributed by atoms with E-state index in [1.54, 1.807) is 42.5 Å². The lowest BCUT2D eigenvalue weighted by molar-refractivity contribution is -0.122. The zero-order chi connectivity index (χ0) is 25.1. The van der Waals surface area contributed by atoms with Gasteiger partial charge in [-0.2, -0.15) is 0 Å². The quantitative estimate of drug-likeness (QED) is 0.244. The first-order chi connectivity index (χ1) is 16.8. The van der Waals surface area contributed by atoms with E-state index in [9.17, 15) is 19.2 Å². The van der Waals surface area contributed by atoms with E-state index in [-0.39, 0.29) is 17.1 Å². The molecule has 176 valence electrons. The molecule has 3 aromatic carbocycles. The van der Waals surface area contributed by atoms with Gasteiger partial charge in [0.2, 0.25) is 0 Å². The van der Waals surface area contributed by atoms with Crippen LogP contribution >= 0.6 is 11.6 Å². The van der Waals surface area contributed by atoms with Crippen LogP contribution in [0.2, 0.25) is 5.02 Å². The fraction of sp³-hybridized carbons (Fsp3) is 0.0769. The van der Waals surface area contributed by atoms with E-state index in [0.717, 1.165) is 10.5 Å². The molecule has 0 unspecified atom stereocenters. The number of carbonyl (C=O) groups excluding carboxylic acids is 4. The summed E-state index contributed by atoms with van der Waals surface area (Å²) < 4.78 is 10.7. The van der Waals surface area contributed by atoms with E-state index in [2.05, 4.69) is 5.32 Å². The lowest BCUT2D eigenvalue weighted by atomic mass is 10.1. The number of nitrogens with zero attached hydrogens (tertiary/aromatic N) is 1. The molecular weight excluding hydrogens is 472 g/mol. The molecule has 0 aromatic heterocycles. The highest BCUT2D eigenvalue weighted by atomic mass is 35.5. The highest BCUT2D eigenvalue weighted by Gasteiger charge is 2.36. The summed E-state index contributed by atoms with van der Waals surface area (Å²) in [6, 6.07) is 16.7. The van der Waals surface area contributed by atoms with E-state index in [1.807, 2.05) is 6.92 Å². The van der Waals surface area contributed by atoms with Crippen molar-refractivity contribution in [2.45, 2.75) is 6.92 Å². The average molecular weight is 491 g/mol. The Morgan fingerprint density at radius 2 is 1.63 bits per heavy atom. The zero-order valence-corrected chi connectivity index (χ0v) is 19.5. The van der Waals surface area contributed by atoms with Gasteiger partial charge in [-0.1, -0.05) is 35.4 Å². The second kappa shape index (κ2) is 9.82. The minimum atomic E-state index is -0.831. The van der Waals surface area contributed by atoms with Crippen molar-refractivity contribution in [3.63, 3.8) is 0 Å². The third-order valence-corrected chi connectivity index (χ3v) is 5.43. The molecule has 0 bridgehead atoms. The molecule has 35 heavy (non-hydrogen) atoms. The van der Waals surface area contributed by atoms with Gasteiger partial charge in [0.15, 0.2) is 11.5 Å². The van der Waals surface area contributed by atoms with Gasteiger partial charge in [-0.3, -0.25) is 14.9 Å². The van der Waals surface area contributed by atoms with Crippen molar-refractivity contribution in [3.05, 3.63) is 94.0 Å². The second-order valence-corrected chi connectivity index (χ2v) is 8.04. The van der Waals surface area contributed by atoms with Crippen LogP contribution in [0.4, 0.5) is 10.5 Å². The lowest BCUT2D eigenvalue weighted by Gasteiger charge is -2.26. The first-order valence-electron chi connectivity index (χ1n) is 10.4. The minimum Gasteiger partial charge on any atom is -0.493 e. The highest BCUT2D eigenvalue weighted by molar-refractivity contribution is 6.39. The minimum absolute atomic E-state index is 0.144. The molecule has 1 N–H and O–H groups in total. The zero-order valence-electron chi connectivity index (χ0n) is 18.7. The molecule has 0 atom stereocenters. The summed E-state index contributed by atoms with van der Waals surface area (Å²) in [4.78, 5) is 51.2. The van der Waals surface area contributed by atoms with Crippen LogP contribution in [0.15, 0.2) is 72.3 Å². The van der Waals surface area contributed by atoms with Crippen LogP contribution in [0.3, 0.4) is 0 Å². The van der Waals surface area contributed by atoms with E-state index in [1.165, 1.54) is 37.5 Å². The number of barbiturate groups is 1. The van der Waals surface area contributed by atoms with Crippen LogP contribution in [0.5, 0.6) is 11.5 Å². The molecule has 0 radical (unpaired) electrons. The number of rotatable bonds is 5. The molecule has 0 aliphatic carbocycles. The molecule has 0 spiro atoms. The molecule has 1 heterocycles. The van der Waals surface area contributed by atoms with E-state index < -0.39 is 23.8 Å². The molecule has 3 aromatic rings. The van der Waals surface area contributed by atoms with Crippen molar-refractivity contribution < 1.29 is 28.7 Å². The van der Waals surface area contributed by atoms with Gasteiger partial charge >= 0.3 is 12.0 Å². The summed E-state index contributed by atoms with van der Waals surface area (Å²) in [5.41, 5.74) is 1.77. The number of urea groups is 1. The number of anilines is 1. The SMILES string of the molecule is COc1cc(/C=C2\C(=O)NC(=O)N(c3ccc(C)cc3)C2=O)ccc1OC(=O)c1ccc(Cl)cc1. The van der Waals surface area contributed by atoms with Crippen LogP contribution in [-0.4, -0.2) is 30.9 Å². The largest absolute Gasteiger partial charge is 0.493 e. The van der Waals surface area contributed by atoms with Crippen molar-refractivity contribution >= 4 is 47.2 Å². The number of amides is 4. The predicted octanol–water partition coefficient (Wildman–Crippen LogP) is 4.54. The molecule has 1 fully saturated rings. The van der Waals surface area contributed by atoms with Crippen molar-refractivity contribution in [2.75, 3.05) is 12.0 Å². The van der Waals surface area contributed by atoms with Crippen LogP contribution in [0.25, 0.3) is 6.08 Å². The van der Waals surface area contributed by atoms with Gasteiger partial charge in [-0.25, -0.2) is 14.5 Å². The third kappa shape index (κ3) is 5.07. The molecular formula is C26H19ClN2O6. The average Bonchev–Trinajstić information content (AvgIpc) is 2.84. The maximum absolute atomic E-state index is 13.0. The number of imide groups is 2. The summed E-state index contributed by atoms with van der Waals surface area (Å²) in [5.74, 6) is -1.84.